The van der Waals surface area contributed by atoms with E-state index in [0.717, 1.165) is 39.8 Å². The first-order chi connectivity index (χ1) is 9.85. The van der Waals surface area contributed by atoms with Crippen molar-refractivity contribution in [1.29, 1.82) is 0 Å². The number of nitrogens with one attached hydrogen (secondary N) is 1. The van der Waals surface area contributed by atoms with E-state index < -0.39 is 0 Å². The number of benzene rings is 2. The summed E-state index contributed by atoms with van der Waals surface area (Å²) in [6.45, 7) is 3.10. The Morgan fingerprint density at radius 1 is 1.10 bits per heavy atom. The van der Waals surface area contributed by atoms with Crippen LogP contribution in [0.2, 0.25) is 0 Å². The molecule has 0 spiro atoms. The Bertz CT molecular complexity index is 694. The minimum absolute atomic E-state index is 0.842. The summed E-state index contributed by atoms with van der Waals surface area (Å²) in [5, 5.41) is 4.29. The summed E-state index contributed by atoms with van der Waals surface area (Å²) in [6, 6.07) is 15.8. The monoisotopic (exact) mass is 284 g/mol. The molecule has 0 saturated carbocycles. The third-order valence-corrected chi connectivity index (χ3v) is 3.84. The Balaban J connectivity index is 1.83. The Hall–Kier alpha value is -2.07. The highest BCUT2D eigenvalue weighted by Crippen LogP contribution is 2.31. The highest BCUT2D eigenvalue weighted by Gasteiger charge is 2.05. The zero-order valence-corrected chi connectivity index (χ0v) is 12.1. The van der Waals surface area contributed by atoms with Crippen LogP contribution in [0, 0.1) is 0 Å². The molecule has 0 aliphatic heterocycles. The summed E-state index contributed by atoms with van der Waals surface area (Å²) in [6.07, 6.45) is 1.10. The molecule has 4 heteroatoms. The topological polar surface area (TPSA) is 34.2 Å². The smallest absolute Gasteiger partial charge is 0.183 e. The molecule has 0 aliphatic rings. The van der Waals surface area contributed by atoms with E-state index >= 15 is 0 Å². The van der Waals surface area contributed by atoms with Gasteiger partial charge in [0.15, 0.2) is 5.13 Å². The first kappa shape index (κ1) is 12.9. The fourth-order valence-corrected chi connectivity index (χ4v) is 2.82. The van der Waals surface area contributed by atoms with Gasteiger partial charge < -0.3 is 10.1 Å². The largest absolute Gasteiger partial charge is 0.457 e. The van der Waals surface area contributed by atoms with Crippen molar-refractivity contribution in [2.45, 2.75) is 13.3 Å². The van der Waals surface area contributed by atoms with Crippen molar-refractivity contribution in [2.24, 2.45) is 0 Å². The van der Waals surface area contributed by atoms with Gasteiger partial charge in [-0.3, -0.25) is 0 Å². The molecule has 102 valence electrons. The van der Waals surface area contributed by atoms with E-state index in [4.69, 9.17) is 4.74 Å². The predicted molar refractivity (Wildman–Crippen MR) is 84.9 cm³/mol. The van der Waals surface area contributed by atoms with Crippen molar-refractivity contribution in [3.63, 3.8) is 0 Å². The Kier molecular flexibility index (Phi) is 3.83. The number of para-hydroxylation sites is 1. The molecule has 3 aromatic rings. The van der Waals surface area contributed by atoms with E-state index in [1.54, 1.807) is 11.3 Å². The van der Waals surface area contributed by atoms with E-state index in [0.29, 0.717) is 0 Å². The van der Waals surface area contributed by atoms with Crippen LogP contribution in [0.25, 0.3) is 10.2 Å². The minimum atomic E-state index is 0.842. The SMILES string of the molecule is CCCNc1nc2ccc(Oc3ccccc3)cc2s1. The van der Waals surface area contributed by atoms with Crippen LogP contribution in [0.15, 0.2) is 48.5 Å². The minimum Gasteiger partial charge on any atom is -0.457 e. The molecule has 0 bridgehead atoms. The number of ether oxygens (including phenoxy) is 1. The van der Waals surface area contributed by atoms with Crippen LogP contribution in [0.5, 0.6) is 11.5 Å². The molecule has 3 nitrogen and oxygen atoms in total. The van der Waals surface area contributed by atoms with Gasteiger partial charge in [0.2, 0.25) is 0 Å². The summed E-state index contributed by atoms with van der Waals surface area (Å²) in [7, 11) is 0. The maximum atomic E-state index is 5.84. The zero-order chi connectivity index (χ0) is 13.8. The molecular weight excluding hydrogens is 268 g/mol. The van der Waals surface area contributed by atoms with Gasteiger partial charge in [0.1, 0.15) is 11.5 Å². The van der Waals surface area contributed by atoms with Gasteiger partial charge >= 0.3 is 0 Å². The quantitative estimate of drug-likeness (QED) is 0.722. The predicted octanol–water partition coefficient (Wildman–Crippen LogP) is 4.91. The molecule has 3 rings (SSSR count). The van der Waals surface area contributed by atoms with E-state index in [1.807, 2.05) is 48.5 Å². The first-order valence-corrected chi connectivity index (χ1v) is 7.54. The van der Waals surface area contributed by atoms with Crippen molar-refractivity contribution >= 4 is 26.7 Å². The second kappa shape index (κ2) is 5.92. The molecule has 0 aliphatic carbocycles. The van der Waals surface area contributed by atoms with Crippen LogP contribution >= 0.6 is 11.3 Å². The second-order valence-corrected chi connectivity index (χ2v) is 5.52. The lowest BCUT2D eigenvalue weighted by atomic mass is 10.3. The van der Waals surface area contributed by atoms with Crippen molar-refractivity contribution in [3.05, 3.63) is 48.5 Å². The molecule has 2 aromatic carbocycles. The number of aromatic nitrogens is 1. The molecule has 0 unspecified atom stereocenters. The van der Waals surface area contributed by atoms with Crippen LogP contribution < -0.4 is 10.1 Å². The first-order valence-electron chi connectivity index (χ1n) is 6.72. The maximum Gasteiger partial charge on any atom is 0.183 e. The van der Waals surface area contributed by atoms with Crippen molar-refractivity contribution in [2.75, 3.05) is 11.9 Å². The Labute approximate surface area is 122 Å². The number of hydrogen-bond donors (Lipinski definition) is 1. The third-order valence-electron chi connectivity index (χ3n) is 2.87. The van der Waals surface area contributed by atoms with Gasteiger partial charge in [0.05, 0.1) is 10.2 Å². The van der Waals surface area contributed by atoms with Gasteiger partial charge in [0.25, 0.3) is 0 Å². The standard InChI is InChI=1S/C16H16N2OS/c1-2-10-17-16-18-14-9-8-13(11-15(14)20-16)19-12-6-4-3-5-7-12/h3-9,11H,2,10H2,1H3,(H,17,18). The maximum absolute atomic E-state index is 5.84. The summed E-state index contributed by atoms with van der Waals surface area (Å²) < 4.78 is 6.97. The van der Waals surface area contributed by atoms with Gasteiger partial charge in [-0.25, -0.2) is 4.98 Å². The van der Waals surface area contributed by atoms with E-state index in [2.05, 4.69) is 17.2 Å². The van der Waals surface area contributed by atoms with Gasteiger partial charge in [-0.05, 0) is 30.7 Å². The van der Waals surface area contributed by atoms with E-state index in [9.17, 15) is 0 Å². The zero-order valence-electron chi connectivity index (χ0n) is 11.3. The highest BCUT2D eigenvalue weighted by atomic mass is 32.1. The van der Waals surface area contributed by atoms with Crippen molar-refractivity contribution < 1.29 is 4.74 Å². The lowest BCUT2D eigenvalue weighted by Gasteiger charge is -2.04. The fourth-order valence-electron chi connectivity index (χ4n) is 1.90. The van der Waals surface area contributed by atoms with Crippen LogP contribution in [0.3, 0.4) is 0 Å². The third kappa shape index (κ3) is 2.91. The van der Waals surface area contributed by atoms with Gasteiger partial charge in [0, 0.05) is 12.6 Å². The highest BCUT2D eigenvalue weighted by molar-refractivity contribution is 7.22. The van der Waals surface area contributed by atoms with Gasteiger partial charge in [-0.1, -0.05) is 36.5 Å². The van der Waals surface area contributed by atoms with Crippen molar-refractivity contribution in [1.82, 2.24) is 4.98 Å². The number of fused-ring (bicyclic) bond motifs is 1. The van der Waals surface area contributed by atoms with Crippen LogP contribution in [-0.2, 0) is 0 Å². The van der Waals surface area contributed by atoms with Gasteiger partial charge in [-0.2, -0.15) is 0 Å². The van der Waals surface area contributed by atoms with Crippen LogP contribution in [0.4, 0.5) is 5.13 Å². The average Bonchev–Trinajstić information content (AvgIpc) is 2.88. The molecule has 1 N–H and O–H groups in total. The van der Waals surface area contributed by atoms with Gasteiger partial charge in [-0.15, -0.1) is 0 Å². The number of nitrogens with zero attached hydrogens (tertiary/aromatic N) is 1. The van der Waals surface area contributed by atoms with Crippen LogP contribution in [0.1, 0.15) is 13.3 Å². The molecule has 0 amide bonds. The molecule has 0 fully saturated rings. The fraction of sp³-hybridized carbons (Fsp3) is 0.188. The second-order valence-electron chi connectivity index (χ2n) is 4.49. The summed E-state index contributed by atoms with van der Waals surface area (Å²) >= 11 is 1.66. The molecule has 0 atom stereocenters. The molecule has 20 heavy (non-hydrogen) atoms. The van der Waals surface area contributed by atoms with E-state index in [1.165, 1.54) is 0 Å². The van der Waals surface area contributed by atoms with E-state index in [-0.39, 0.29) is 0 Å². The average molecular weight is 284 g/mol. The summed E-state index contributed by atoms with van der Waals surface area (Å²) in [4.78, 5) is 4.55. The number of hydrogen-bond acceptors (Lipinski definition) is 4. The number of anilines is 1. The summed E-state index contributed by atoms with van der Waals surface area (Å²) in [5.41, 5.74) is 1.01. The lowest BCUT2D eigenvalue weighted by molar-refractivity contribution is 0.483. The molecule has 0 radical (unpaired) electrons. The molecule has 1 aromatic heterocycles. The lowest BCUT2D eigenvalue weighted by Crippen LogP contribution is -1.98. The number of rotatable bonds is 5. The van der Waals surface area contributed by atoms with Crippen molar-refractivity contribution in [3.8, 4) is 11.5 Å². The Morgan fingerprint density at radius 3 is 2.75 bits per heavy atom. The normalized spacial score (nSPS) is 10.7. The molecule has 1 heterocycles. The summed E-state index contributed by atoms with van der Waals surface area (Å²) in [5.74, 6) is 1.69. The molecular formula is C16H16N2OS. The number of thiazole rings is 1. The Morgan fingerprint density at radius 2 is 1.95 bits per heavy atom. The van der Waals surface area contributed by atoms with Crippen LogP contribution in [-0.4, -0.2) is 11.5 Å². The molecule has 0 saturated heterocycles.